The zero-order valence-electron chi connectivity index (χ0n) is 25.3. The van der Waals surface area contributed by atoms with Gasteiger partial charge in [0.05, 0.1) is 11.7 Å². The third kappa shape index (κ3) is 9.69. The maximum atomic E-state index is 13.0. The molecule has 1 fully saturated rings. The first kappa shape index (κ1) is 33.8. The highest BCUT2D eigenvalue weighted by molar-refractivity contribution is 6.00. The lowest BCUT2D eigenvalue weighted by atomic mass is 9.98. The lowest BCUT2D eigenvalue weighted by molar-refractivity contribution is -0.288. The Kier molecular flexibility index (Phi) is 11.7. The second-order valence-electron chi connectivity index (χ2n) is 10.3. The van der Waals surface area contributed by atoms with Crippen molar-refractivity contribution >= 4 is 29.7 Å². The molecule has 0 bridgehead atoms. The molecule has 238 valence electrons. The number of hydrogen-bond acceptors (Lipinski definition) is 13. The van der Waals surface area contributed by atoms with Gasteiger partial charge in [-0.25, -0.2) is 0 Å². The number of carbonyl (C=O) groups excluding carboxylic acids is 5. The van der Waals surface area contributed by atoms with Crippen molar-refractivity contribution in [2.75, 3.05) is 6.61 Å². The van der Waals surface area contributed by atoms with Crippen molar-refractivity contribution in [3.63, 3.8) is 0 Å². The standard InChI is InChI=1S/C31H36O13/c1-16(2)39-22-9-7-21(8-10-22)13-25(36)24-12-11-23(14-26(24)37)43-31-30(42-20(6)35)29(41-19(5)34)28(40-18(4)33)27(44-31)15-38-17(3)32/h7-12,14,16,27-31,37H,13,15H2,1-6H3/t27-,28-,29+,30-,31+/m0/s1. The minimum atomic E-state index is -1.50. The molecule has 13 nitrogen and oxygen atoms in total. The van der Waals surface area contributed by atoms with Crippen molar-refractivity contribution in [2.45, 2.75) is 84.8 Å². The maximum absolute atomic E-state index is 13.0. The summed E-state index contributed by atoms with van der Waals surface area (Å²) in [4.78, 5) is 60.4. The van der Waals surface area contributed by atoms with Crippen LogP contribution in [0, 0.1) is 0 Å². The van der Waals surface area contributed by atoms with Crippen LogP contribution in [0.2, 0.25) is 0 Å². The molecule has 0 unspecified atom stereocenters. The van der Waals surface area contributed by atoms with Crippen LogP contribution in [0.15, 0.2) is 42.5 Å². The summed E-state index contributed by atoms with van der Waals surface area (Å²) in [5.41, 5.74) is 0.740. The van der Waals surface area contributed by atoms with Crippen molar-refractivity contribution in [3.05, 3.63) is 53.6 Å². The van der Waals surface area contributed by atoms with E-state index in [9.17, 15) is 29.1 Å². The molecular weight excluding hydrogens is 580 g/mol. The molecule has 0 amide bonds. The number of carbonyl (C=O) groups is 5. The molecule has 1 heterocycles. The van der Waals surface area contributed by atoms with Gasteiger partial charge in [-0.1, -0.05) is 12.1 Å². The third-order valence-corrected chi connectivity index (χ3v) is 6.13. The van der Waals surface area contributed by atoms with Gasteiger partial charge in [0.2, 0.25) is 12.4 Å². The molecule has 1 aliphatic rings. The van der Waals surface area contributed by atoms with E-state index in [1.807, 2.05) is 13.8 Å². The van der Waals surface area contributed by atoms with Crippen LogP contribution in [-0.4, -0.2) is 78.2 Å². The molecule has 1 aliphatic heterocycles. The fourth-order valence-corrected chi connectivity index (χ4v) is 4.48. The zero-order chi connectivity index (χ0) is 32.6. The van der Waals surface area contributed by atoms with Crippen molar-refractivity contribution in [1.82, 2.24) is 0 Å². The Morgan fingerprint density at radius 3 is 1.89 bits per heavy atom. The first-order chi connectivity index (χ1) is 20.7. The first-order valence-corrected chi connectivity index (χ1v) is 13.8. The topological polar surface area (TPSA) is 170 Å². The van der Waals surface area contributed by atoms with Gasteiger partial charge in [-0.2, -0.15) is 0 Å². The van der Waals surface area contributed by atoms with Crippen molar-refractivity contribution < 1.29 is 62.2 Å². The third-order valence-electron chi connectivity index (χ3n) is 6.13. The normalized spacial score (nSPS) is 21.1. The minimum Gasteiger partial charge on any atom is -0.507 e. The second-order valence-corrected chi connectivity index (χ2v) is 10.3. The summed E-state index contributed by atoms with van der Waals surface area (Å²) in [6, 6.07) is 10.9. The van der Waals surface area contributed by atoms with Crippen molar-refractivity contribution in [1.29, 1.82) is 0 Å². The van der Waals surface area contributed by atoms with Crippen LogP contribution in [0.1, 0.15) is 57.5 Å². The Bertz CT molecular complexity index is 1350. The van der Waals surface area contributed by atoms with Gasteiger partial charge in [0, 0.05) is 40.2 Å². The van der Waals surface area contributed by atoms with Crippen LogP contribution < -0.4 is 9.47 Å². The minimum absolute atomic E-state index is 0.00450. The number of ketones is 1. The Labute approximate surface area is 254 Å². The van der Waals surface area contributed by atoms with Gasteiger partial charge < -0.3 is 38.3 Å². The van der Waals surface area contributed by atoms with E-state index in [4.69, 9.17) is 33.2 Å². The molecule has 5 atom stereocenters. The number of esters is 4. The summed E-state index contributed by atoms with van der Waals surface area (Å²) in [6.45, 7) is 7.85. The highest BCUT2D eigenvalue weighted by atomic mass is 16.7. The maximum Gasteiger partial charge on any atom is 0.303 e. The van der Waals surface area contributed by atoms with Gasteiger partial charge >= 0.3 is 23.9 Å². The van der Waals surface area contributed by atoms with E-state index < -0.39 is 66.9 Å². The molecule has 3 rings (SSSR count). The molecule has 0 aliphatic carbocycles. The molecule has 44 heavy (non-hydrogen) atoms. The van der Waals surface area contributed by atoms with Gasteiger partial charge in [0.15, 0.2) is 18.0 Å². The summed E-state index contributed by atoms with van der Waals surface area (Å²) in [5, 5.41) is 10.7. The van der Waals surface area contributed by atoms with Gasteiger partial charge in [-0.3, -0.25) is 24.0 Å². The predicted octanol–water partition coefficient (Wildman–Crippen LogP) is 3.07. The van der Waals surface area contributed by atoms with Gasteiger partial charge in [-0.05, 0) is 43.7 Å². The van der Waals surface area contributed by atoms with E-state index in [1.165, 1.54) is 18.2 Å². The highest BCUT2D eigenvalue weighted by Crippen LogP contribution is 2.33. The molecule has 13 heteroatoms. The van der Waals surface area contributed by atoms with Crippen LogP contribution in [-0.2, 0) is 49.3 Å². The number of Topliss-reactive ketones (excluding diaryl/α,β-unsaturated/α-hetero) is 1. The fraction of sp³-hybridized carbons (Fsp3) is 0.452. The molecule has 2 aromatic rings. The number of phenols is 1. The average Bonchev–Trinajstić information content (AvgIpc) is 2.91. The van der Waals surface area contributed by atoms with E-state index in [0.717, 1.165) is 27.7 Å². The number of rotatable bonds is 12. The van der Waals surface area contributed by atoms with E-state index in [2.05, 4.69) is 0 Å². The van der Waals surface area contributed by atoms with E-state index in [-0.39, 0.29) is 29.6 Å². The second kappa shape index (κ2) is 15.2. The number of phenolic OH excluding ortho intramolecular Hbond substituents is 1. The molecule has 0 aromatic heterocycles. The van der Waals surface area contributed by atoms with Crippen LogP contribution >= 0.6 is 0 Å². The first-order valence-electron chi connectivity index (χ1n) is 13.8. The molecular formula is C31H36O13. The Morgan fingerprint density at radius 1 is 0.773 bits per heavy atom. The zero-order valence-corrected chi connectivity index (χ0v) is 25.3. The number of aromatic hydroxyl groups is 1. The quantitative estimate of drug-likeness (QED) is 0.210. The Morgan fingerprint density at radius 2 is 1.34 bits per heavy atom. The highest BCUT2D eigenvalue weighted by Gasteiger charge is 2.53. The molecule has 2 aromatic carbocycles. The van der Waals surface area contributed by atoms with Gasteiger partial charge in [0.1, 0.15) is 30.0 Å². The largest absolute Gasteiger partial charge is 0.507 e. The van der Waals surface area contributed by atoms with E-state index in [0.29, 0.717) is 11.3 Å². The molecule has 1 N–H and O–H groups in total. The Balaban J connectivity index is 1.86. The number of ether oxygens (including phenoxy) is 7. The van der Waals surface area contributed by atoms with E-state index >= 15 is 0 Å². The lowest BCUT2D eigenvalue weighted by Gasteiger charge is -2.43. The average molecular weight is 617 g/mol. The smallest absolute Gasteiger partial charge is 0.303 e. The molecule has 1 saturated heterocycles. The van der Waals surface area contributed by atoms with Crippen molar-refractivity contribution in [2.24, 2.45) is 0 Å². The SMILES string of the molecule is CC(=O)OC[C@@H]1O[C@@H](Oc2ccc(C(=O)Cc3ccc(OC(C)C)cc3)c(O)c2)[C@@H](OC(C)=O)[C@H](OC(C)=O)[C@H]1OC(C)=O. The van der Waals surface area contributed by atoms with Gasteiger partial charge in [-0.15, -0.1) is 0 Å². The van der Waals surface area contributed by atoms with Crippen molar-refractivity contribution in [3.8, 4) is 17.2 Å². The van der Waals surface area contributed by atoms with Crippen LogP contribution in [0.4, 0.5) is 0 Å². The number of hydrogen-bond donors (Lipinski definition) is 1. The van der Waals surface area contributed by atoms with Crippen LogP contribution in [0.3, 0.4) is 0 Å². The van der Waals surface area contributed by atoms with E-state index in [1.54, 1.807) is 24.3 Å². The summed E-state index contributed by atoms with van der Waals surface area (Å²) in [5.74, 6) is -3.11. The summed E-state index contributed by atoms with van der Waals surface area (Å²) in [6.07, 6.45) is -6.92. The van der Waals surface area contributed by atoms with Gasteiger partial charge in [0.25, 0.3) is 0 Å². The number of benzene rings is 2. The van der Waals surface area contributed by atoms with Crippen LogP contribution in [0.5, 0.6) is 17.2 Å². The predicted molar refractivity (Wildman–Crippen MR) is 151 cm³/mol. The molecule has 0 spiro atoms. The summed E-state index contributed by atoms with van der Waals surface area (Å²) < 4.78 is 38.6. The monoisotopic (exact) mass is 616 g/mol. The molecule has 0 saturated carbocycles. The fourth-order valence-electron chi connectivity index (χ4n) is 4.48. The summed E-state index contributed by atoms with van der Waals surface area (Å²) >= 11 is 0. The Hall–Kier alpha value is -4.65. The summed E-state index contributed by atoms with van der Waals surface area (Å²) in [7, 11) is 0. The molecule has 0 radical (unpaired) electrons. The lowest BCUT2D eigenvalue weighted by Crippen LogP contribution is -2.63. The van der Waals surface area contributed by atoms with Crippen LogP contribution in [0.25, 0.3) is 0 Å².